The lowest BCUT2D eigenvalue weighted by Crippen LogP contribution is -2.32. The van der Waals surface area contributed by atoms with E-state index in [1.807, 2.05) is 18.2 Å². The number of fused-ring (bicyclic) bond motifs is 2. The highest BCUT2D eigenvalue weighted by Gasteiger charge is 2.23. The maximum atomic E-state index is 11.8. The fourth-order valence-corrected chi connectivity index (χ4v) is 3.69. The molecular weight excluding hydrogens is 416 g/mol. The number of amides is 1. The van der Waals surface area contributed by atoms with Crippen molar-refractivity contribution in [2.24, 2.45) is 0 Å². The van der Waals surface area contributed by atoms with E-state index in [1.165, 1.54) is 0 Å². The van der Waals surface area contributed by atoms with Crippen LogP contribution in [0, 0.1) is 0 Å². The second-order valence-corrected chi connectivity index (χ2v) is 7.64. The molecule has 1 unspecified atom stereocenters. The van der Waals surface area contributed by atoms with Gasteiger partial charge in [-0.25, -0.2) is 0 Å². The van der Waals surface area contributed by atoms with E-state index in [2.05, 4.69) is 10.6 Å². The van der Waals surface area contributed by atoms with Crippen LogP contribution >= 0.6 is 0 Å². The Morgan fingerprint density at radius 3 is 2.81 bits per heavy atom. The zero-order chi connectivity index (χ0) is 22.3. The fourth-order valence-electron chi connectivity index (χ4n) is 3.69. The molecule has 0 saturated carbocycles. The average molecular weight is 444 g/mol. The van der Waals surface area contributed by atoms with Gasteiger partial charge in [0.2, 0.25) is 12.7 Å². The summed E-state index contributed by atoms with van der Waals surface area (Å²) in [7, 11) is 0. The van der Waals surface area contributed by atoms with Gasteiger partial charge in [0, 0.05) is 18.5 Å². The normalized spacial score (nSPS) is 15.1. The smallest absolute Gasteiger partial charge is 0.231 e. The lowest BCUT2D eigenvalue weighted by molar-refractivity contribution is -0.116. The van der Waals surface area contributed by atoms with E-state index in [0.29, 0.717) is 43.1 Å². The highest BCUT2D eigenvalue weighted by molar-refractivity contribution is 5.96. The van der Waals surface area contributed by atoms with Crippen molar-refractivity contribution < 1.29 is 34.0 Å². The van der Waals surface area contributed by atoms with Crippen molar-refractivity contribution in [1.82, 2.24) is 5.32 Å². The van der Waals surface area contributed by atoms with Crippen LogP contribution in [0.15, 0.2) is 30.3 Å². The largest absolute Gasteiger partial charge is 0.490 e. The van der Waals surface area contributed by atoms with Crippen LogP contribution in [-0.2, 0) is 17.6 Å². The minimum atomic E-state index is -0.689. The highest BCUT2D eigenvalue weighted by Crippen LogP contribution is 2.39. The van der Waals surface area contributed by atoms with E-state index in [1.54, 1.807) is 12.1 Å². The predicted octanol–water partition coefficient (Wildman–Crippen LogP) is 1.24. The Morgan fingerprint density at radius 2 is 1.94 bits per heavy atom. The summed E-state index contributed by atoms with van der Waals surface area (Å²) in [4.78, 5) is 11.8. The van der Waals surface area contributed by atoms with Crippen LogP contribution in [-0.4, -0.2) is 61.9 Å². The van der Waals surface area contributed by atoms with Crippen molar-refractivity contribution in [3.05, 3.63) is 41.5 Å². The number of carbonyl (C=O) groups excluding carboxylic acids is 1. The van der Waals surface area contributed by atoms with Gasteiger partial charge in [0.15, 0.2) is 11.5 Å². The van der Waals surface area contributed by atoms with Crippen LogP contribution in [0.2, 0.25) is 0 Å². The molecular formula is C23H28N2O7. The van der Waals surface area contributed by atoms with E-state index < -0.39 is 6.10 Å². The number of benzene rings is 2. The van der Waals surface area contributed by atoms with Crippen LogP contribution < -0.4 is 29.6 Å². The summed E-state index contributed by atoms with van der Waals surface area (Å²) in [6.07, 6.45) is 0.992. The first-order chi connectivity index (χ1) is 15.6. The van der Waals surface area contributed by atoms with Crippen molar-refractivity contribution in [3.63, 3.8) is 0 Å². The van der Waals surface area contributed by atoms with E-state index in [4.69, 9.17) is 24.1 Å². The minimum absolute atomic E-state index is 0.0878. The summed E-state index contributed by atoms with van der Waals surface area (Å²) < 4.78 is 22.1. The monoisotopic (exact) mass is 444 g/mol. The van der Waals surface area contributed by atoms with Crippen molar-refractivity contribution in [2.75, 3.05) is 45.0 Å². The number of aliphatic hydroxyl groups excluding tert-OH is 2. The Morgan fingerprint density at radius 1 is 1.09 bits per heavy atom. The first kappa shape index (κ1) is 22.2. The molecule has 0 aliphatic carbocycles. The van der Waals surface area contributed by atoms with E-state index in [-0.39, 0.29) is 32.5 Å². The molecule has 0 fully saturated rings. The molecule has 9 heteroatoms. The first-order valence-corrected chi connectivity index (χ1v) is 10.7. The van der Waals surface area contributed by atoms with Crippen LogP contribution in [0.3, 0.4) is 0 Å². The summed E-state index contributed by atoms with van der Waals surface area (Å²) in [6, 6.07) is 9.35. The molecule has 2 aliphatic rings. The maximum absolute atomic E-state index is 11.8. The van der Waals surface area contributed by atoms with Gasteiger partial charge in [-0.15, -0.1) is 0 Å². The molecule has 9 nitrogen and oxygen atoms in total. The second-order valence-electron chi connectivity index (χ2n) is 7.64. The topological polar surface area (TPSA) is 119 Å². The lowest BCUT2D eigenvalue weighted by atomic mass is 10.0. The third kappa shape index (κ3) is 5.42. The summed E-state index contributed by atoms with van der Waals surface area (Å²) in [6.45, 7) is 1.50. The molecule has 0 bridgehead atoms. The van der Waals surface area contributed by atoms with Crippen LogP contribution in [0.25, 0.3) is 0 Å². The van der Waals surface area contributed by atoms with Crippen molar-refractivity contribution in [2.45, 2.75) is 25.4 Å². The van der Waals surface area contributed by atoms with Gasteiger partial charge in [-0.1, -0.05) is 6.07 Å². The molecule has 2 aromatic carbocycles. The molecule has 32 heavy (non-hydrogen) atoms. The highest BCUT2D eigenvalue weighted by atomic mass is 16.7. The Bertz CT molecular complexity index is 950. The molecule has 172 valence electrons. The molecule has 0 radical (unpaired) electrons. The number of anilines is 1. The molecule has 0 spiro atoms. The molecule has 0 aromatic heterocycles. The standard InChI is InChI=1S/C23H28N2O7/c26-9-10-29-20-5-4-18(17-2-6-22(28)25-23(17)20)30-13-16(27)12-24-8-7-15-1-3-19-21(11-15)32-14-31-19/h1,3-5,11,16,24,26-27H,2,6-10,12-14H2,(H,25,28). The summed E-state index contributed by atoms with van der Waals surface area (Å²) in [5.41, 5.74) is 2.54. The second kappa shape index (κ2) is 10.5. The number of carbonyl (C=O) groups is 1. The van der Waals surface area contributed by atoms with Gasteiger partial charge < -0.3 is 39.8 Å². The lowest BCUT2D eigenvalue weighted by Gasteiger charge is -2.23. The Labute approximate surface area is 186 Å². The first-order valence-electron chi connectivity index (χ1n) is 10.7. The third-order valence-corrected chi connectivity index (χ3v) is 5.29. The van der Waals surface area contributed by atoms with Crippen molar-refractivity contribution in [3.8, 4) is 23.0 Å². The molecule has 4 rings (SSSR count). The van der Waals surface area contributed by atoms with E-state index in [9.17, 15) is 9.90 Å². The van der Waals surface area contributed by atoms with Gasteiger partial charge in [-0.3, -0.25) is 4.79 Å². The van der Waals surface area contributed by atoms with Gasteiger partial charge in [-0.2, -0.15) is 0 Å². The zero-order valence-corrected chi connectivity index (χ0v) is 17.8. The number of hydrogen-bond donors (Lipinski definition) is 4. The molecule has 2 aromatic rings. The van der Waals surface area contributed by atoms with Crippen molar-refractivity contribution in [1.29, 1.82) is 0 Å². The predicted molar refractivity (Wildman–Crippen MR) is 117 cm³/mol. The molecule has 1 amide bonds. The minimum Gasteiger partial charge on any atom is -0.490 e. The Balaban J connectivity index is 1.25. The van der Waals surface area contributed by atoms with Gasteiger partial charge in [0.25, 0.3) is 0 Å². The number of rotatable bonds is 11. The molecule has 4 N–H and O–H groups in total. The third-order valence-electron chi connectivity index (χ3n) is 5.29. The summed E-state index contributed by atoms with van der Waals surface area (Å²) in [5.74, 6) is 2.55. The summed E-state index contributed by atoms with van der Waals surface area (Å²) in [5, 5.41) is 25.4. The Hall–Kier alpha value is -3.01. The van der Waals surface area contributed by atoms with Crippen LogP contribution in [0.5, 0.6) is 23.0 Å². The fraction of sp³-hybridized carbons (Fsp3) is 0.435. The van der Waals surface area contributed by atoms with Gasteiger partial charge in [-0.05, 0) is 49.2 Å². The Kier molecular flexibility index (Phi) is 7.31. The molecule has 2 aliphatic heterocycles. The van der Waals surface area contributed by atoms with Crippen LogP contribution in [0.1, 0.15) is 17.5 Å². The maximum Gasteiger partial charge on any atom is 0.231 e. The molecule has 1 atom stereocenters. The number of ether oxygens (including phenoxy) is 4. The average Bonchev–Trinajstić information content (AvgIpc) is 3.27. The zero-order valence-electron chi connectivity index (χ0n) is 17.8. The van der Waals surface area contributed by atoms with Gasteiger partial charge in [0.05, 0.1) is 12.3 Å². The summed E-state index contributed by atoms with van der Waals surface area (Å²) >= 11 is 0. The van der Waals surface area contributed by atoms with Crippen LogP contribution in [0.4, 0.5) is 5.69 Å². The van der Waals surface area contributed by atoms with Gasteiger partial charge >= 0.3 is 0 Å². The quantitative estimate of drug-likeness (QED) is 0.383. The SMILES string of the molecule is O=C1CCc2c(OCC(O)CNCCc3ccc4c(c3)OCO4)ccc(OCCO)c2N1. The van der Waals surface area contributed by atoms with E-state index >= 15 is 0 Å². The number of aliphatic hydroxyl groups is 2. The van der Waals surface area contributed by atoms with Crippen molar-refractivity contribution >= 4 is 11.6 Å². The number of nitrogens with one attached hydrogen (secondary N) is 2. The molecule has 2 heterocycles. The van der Waals surface area contributed by atoms with Gasteiger partial charge in [0.1, 0.15) is 30.8 Å². The number of hydrogen-bond acceptors (Lipinski definition) is 8. The molecule has 0 saturated heterocycles. The van der Waals surface area contributed by atoms with E-state index in [0.717, 1.165) is 29.0 Å².